The number of anilines is 1. The third-order valence-corrected chi connectivity index (χ3v) is 12.4. The number of nitrogens with one attached hydrogen (secondary N) is 2. The lowest BCUT2D eigenvalue weighted by atomic mass is 9.92. The lowest BCUT2D eigenvalue weighted by Gasteiger charge is -2.31. The number of aryl methyl sites for hydroxylation is 1. The van der Waals surface area contributed by atoms with Crippen LogP contribution in [0.1, 0.15) is 137 Å². The number of nitrogens with two attached hydrogens (primary N) is 1. The van der Waals surface area contributed by atoms with Gasteiger partial charge in [-0.25, -0.2) is 4.98 Å². The molecular formula is C52H79ClN6O4. The molecule has 1 aliphatic carbocycles. The van der Waals surface area contributed by atoms with Crippen molar-refractivity contribution in [3.05, 3.63) is 88.4 Å². The number of unbranched alkanes of at least 4 members (excludes halogenated alkanes) is 1. The summed E-state index contributed by atoms with van der Waals surface area (Å²) in [5, 5.41) is 6.38. The zero-order valence-electron chi connectivity index (χ0n) is 40.8. The largest absolute Gasteiger partial charge is 0.481 e. The van der Waals surface area contributed by atoms with Crippen LogP contribution in [-0.2, 0) is 27.2 Å². The van der Waals surface area contributed by atoms with Gasteiger partial charge in [-0.15, -0.1) is 0 Å². The number of methoxy groups -OCH3 is 1. The van der Waals surface area contributed by atoms with Crippen LogP contribution >= 0.6 is 11.6 Å². The number of hydrogen-bond donors (Lipinski definition) is 3. The van der Waals surface area contributed by atoms with Crippen LogP contribution < -0.4 is 21.1 Å². The van der Waals surface area contributed by atoms with E-state index in [1.54, 1.807) is 26.1 Å². The molecule has 5 rings (SSSR count). The lowest BCUT2D eigenvalue weighted by Crippen LogP contribution is -2.41. The van der Waals surface area contributed by atoms with Gasteiger partial charge in [0, 0.05) is 55.1 Å². The number of ether oxygens (including phenoxy) is 1. The predicted octanol–water partition coefficient (Wildman–Crippen LogP) is 11.8. The lowest BCUT2D eigenvalue weighted by molar-refractivity contribution is -0.128. The first-order valence-electron chi connectivity index (χ1n) is 23.3. The Hall–Kier alpha value is -4.67. The predicted molar refractivity (Wildman–Crippen MR) is 265 cm³/mol. The van der Waals surface area contributed by atoms with E-state index in [9.17, 15) is 14.4 Å². The van der Waals surface area contributed by atoms with Crippen LogP contribution in [0.3, 0.4) is 0 Å². The molecule has 2 heterocycles. The van der Waals surface area contributed by atoms with Crippen LogP contribution in [-0.4, -0.2) is 66.8 Å². The van der Waals surface area contributed by atoms with E-state index in [0.717, 1.165) is 59.5 Å². The SMILES string of the molecule is C=C1N(C)C=C(C(=O)Nc2cccc(-c3cccc(-c4cc5c(c(OC)n4)[C@H](C)CC5)c3Cl)c2CCC)C(=O)N1C.CC.CCCC[C@H](C)CC.CCNC(=O)C(C)C(C)CCN. The molecule has 2 aromatic carbocycles. The fourth-order valence-electron chi connectivity index (χ4n) is 7.61. The van der Waals surface area contributed by atoms with E-state index in [0.29, 0.717) is 53.8 Å². The second-order valence-electron chi connectivity index (χ2n) is 16.6. The zero-order valence-corrected chi connectivity index (χ0v) is 41.6. The zero-order chi connectivity index (χ0) is 47.4. The Labute approximate surface area is 385 Å². The average molecular weight is 888 g/mol. The Morgan fingerprint density at radius 1 is 1.00 bits per heavy atom. The van der Waals surface area contributed by atoms with E-state index >= 15 is 0 Å². The first-order valence-corrected chi connectivity index (χ1v) is 23.7. The summed E-state index contributed by atoms with van der Waals surface area (Å²) in [6, 6.07) is 13.8. The summed E-state index contributed by atoms with van der Waals surface area (Å²) in [6.07, 6.45) is 11.6. The van der Waals surface area contributed by atoms with E-state index < -0.39 is 11.8 Å². The van der Waals surface area contributed by atoms with E-state index in [2.05, 4.69) is 64.8 Å². The van der Waals surface area contributed by atoms with Crippen LogP contribution in [0.4, 0.5) is 5.69 Å². The first-order chi connectivity index (χ1) is 30.1. The minimum atomic E-state index is -0.473. The molecule has 63 heavy (non-hydrogen) atoms. The highest BCUT2D eigenvalue weighted by Gasteiger charge is 2.30. The van der Waals surface area contributed by atoms with Gasteiger partial charge < -0.3 is 26.0 Å². The molecule has 0 saturated carbocycles. The maximum atomic E-state index is 13.3. The van der Waals surface area contributed by atoms with Crippen LogP contribution in [0.25, 0.3) is 22.4 Å². The molecule has 0 bridgehead atoms. The number of carbonyl (C=O) groups excluding carboxylic acids is 3. The molecule has 0 radical (unpaired) electrons. The van der Waals surface area contributed by atoms with E-state index in [4.69, 9.17) is 27.1 Å². The standard InChI is InChI=1S/C33H35ClN4O3.C9H20N2O.C8H18.C2H6/c1-7-10-23-22(11-9-14-27(23)35-31(39)26-18-37(4)20(3)38(5)33(26)40)24-12-8-13-25(30(24)34)28-17-21-16-15-19(2)29(21)32(36-28)41-6;1-4-11-9(12)8(3)7(2)5-6-10;1-4-6-7-8(3)5-2;1-2/h8-9,11-14,17-19H,3,7,10,15-16H2,1-2,4-6H3,(H,35,39);7-8H,4-6,10H2,1-3H3,(H,11,12);8H,4-7H2,1-3H3;1-2H3/t19-;;8-;/m1.1./s1. The van der Waals surface area contributed by atoms with Crippen molar-refractivity contribution in [2.45, 2.75) is 133 Å². The molecule has 0 spiro atoms. The van der Waals surface area contributed by atoms with Crippen LogP contribution in [0.15, 0.2) is 66.6 Å². The van der Waals surface area contributed by atoms with Gasteiger partial charge in [-0.05, 0) is 85.7 Å². The number of nitrogens with zero attached hydrogens (tertiary/aromatic N) is 3. The Bertz CT molecular complexity index is 2000. The number of amides is 3. The summed E-state index contributed by atoms with van der Waals surface area (Å²) in [4.78, 5) is 45.4. The van der Waals surface area contributed by atoms with Crippen molar-refractivity contribution in [1.82, 2.24) is 20.1 Å². The summed E-state index contributed by atoms with van der Waals surface area (Å²) in [6.45, 7) is 26.3. The van der Waals surface area contributed by atoms with Gasteiger partial charge in [0.05, 0.1) is 17.8 Å². The molecule has 10 nitrogen and oxygen atoms in total. The summed E-state index contributed by atoms with van der Waals surface area (Å²) < 4.78 is 5.69. The number of fused-ring (bicyclic) bond motifs is 1. The molecule has 1 aromatic heterocycles. The fourth-order valence-corrected chi connectivity index (χ4v) is 7.93. The number of rotatable bonds is 16. The number of benzene rings is 2. The quantitative estimate of drug-likeness (QED) is 0.122. The molecular weight excluding hydrogens is 808 g/mol. The van der Waals surface area contributed by atoms with E-state index in [1.165, 1.54) is 47.9 Å². The smallest absolute Gasteiger partial charge is 0.266 e. The maximum absolute atomic E-state index is 13.3. The maximum Gasteiger partial charge on any atom is 0.266 e. The Kier molecular flexibility index (Phi) is 23.8. The Balaban J connectivity index is 0.000000513. The summed E-state index contributed by atoms with van der Waals surface area (Å²) >= 11 is 7.13. The summed E-state index contributed by atoms with van der Waals surface area (Å²) in [7, 11) is 5.02. The summed E-state index contributed by atoms with van der Waals surface area (Å²) in [5.74, 6) is 2.24. The van der Waals surface area contributed by atoms with Crippen molar-refractivity contribution in [2.75, 3.05) is 39.6 Å². The average Bonchev–Trinajstić information content (AvgIpc) is 3.67. The number of pyridine rings is 1. The molecule has 0 saturated heterocycles. The molecule has 2 aliphatic rings. The van der Waals surface area contributed by atoms with Crippen molar-refractivity contribution in [3.63, 3.8) is 0 Å². The third-order valence-electron chi connectivity index (χ3n) is 12.0. The van der Waals surface area contributed by atoms with Gasteiger partial charge in [-0.1, -0.05) is 143 Å². The van der Waals surface area contributed by atoms with Gasteiger partial charge in [0.2, 0.25) is 11.8 Å². The normalized spacial score (nSPS) is 15.5. The number of likely N-dealkylation sites (N-methyl/N-ethyl adjacent to an activating group) is 1. The van der Waals surface area contributed by atoms with E-state index in [-0.39, 0.29) is 17.4 Å². The minimum Gasteiger partial charge on any atom is -0.481 e. The number of carbonyl (C=O) groups is 3. The number of hydrogen-bond acceptors (Lipinski definition) is 7. The van der Waals surface area contributed by atoms with Crippen molar-refractivity contribution in [2.24, 2.45) is 23.5 Å². The molecule has 4 atom stereocenters. The fraction of sp³-hybridized carbons (Fsp3) is 0.538. The third kappa shape index (κ3) is 14.7. The van der Waals surface area contributed by atoms with Gasteiger partial charge in [0.1, 0.15) is 11.4 Å². The van der Waals surface area contributed by atoms with Gasteiger partial charge >= 0.3 is 0 Å². The van der Waals surface area contributed by atoms with E-state index in [1.807, 2.05) is 64.1 Å². The van der Waals surface area contributed by atoms with Crippen molar-refractivity contribution in [3.8, 4) is 28.3 Å². The molecule has 348 valence electrons. The first kappa shape index (κ1) is 54.5. The molecule has 0 fully saturated rings. The Morgan fingerprint density at radius 2 is 1.65 bits per heavy atom. The number of aromatic nitrogens is 1. The monoisotopic (exact) mass is 887 g/mol. The van der Waals surface area contributed by atoms with Crippen LogP contribution in [0.5, 0.6) is 5.88 Å². The van der Waals surface area contributed by atoms with Crippen molar-refractivity contribution >= 4 is 35.0 Å². The van der Waals surface area contributed by atoms with Crippen LogP contribution in [0.2, 0.25) is 5.02 Å². The topological polar surface area (TPSA) is 130 Å². The minimum absolute atomic E-state index is 0.0428. The molecule has 4 N–H and O–H groups in total. The second-order valence-corrected chi connectivity index (χ2v) is 16.9. The molecule has 11 heteroatoms. The highest BCUT2D eigenvalue weighted by Crippen LogP contribution is 2.44. The van der Waals surface area contributed by atoms with Gasteiger partial charge in [-0.3, -0.25) is 19.3 Å². The molecule has 1 aliphatic heterocycles. The van der Waals surface area contributed by atoms with Gasteiger partial charge in [-0.2, -0.15) is 0 Å². The summed E-state index contributed by atoms with van der Waals surface area (Å²) in [5.41, 5.74) is 12.9. The van der Waals surface area contributed by atoms with Gasteiger partial charge in [0.25, 0.3) is 11.8 Å². The van der Waals surface area contributed by atoms with Gasteiger partial charge in [0.15, 0.2) is 0 Å². The highest BCUT2D eigenvalue weighted by atomic mass is 35.5. The number of halogens is 1. The van der Waals surface area contributed by atoms with Crippen molar-refractivity contribution < 1.29 is 19.1 Å². The highest BCUT2D eigenvalue weighted by molar-refractivity contribution is 6.36. The molecule has 3 aromatic rings. The molecule has 2 unspecified atom stereocenters. The molecule has 3 amide bonds. The van der Waals surface area contributed by atoms with Crippen LogP contribution in [0, 0.1) is 17.8 Å². The van der Waals surface area contributed by atoms with Crippen molar-refractivity contribution in [1.29, 1.82) is 0 Å². The second kappa shape index (κ2) is 27.5. The Morgan fingerprint density at radius 3 is 2.25 bits per heavy atom.